The molecule has 0 amide bonds. The van der Waals surface area contributed by atoms with Crippen LogP contribution >= 0.6 is 0 Å². The molecule has 0 aromatic heterocycles. The zero-order valence-corrected chi connectivity index (χ0v) is 9.07. The molecule has 0 aromatic rings. The second-order valence-electron chi connectivity index (χ2n) is 3.72. The first-order valence-electron chi connectivity index (χ1n) is 4.60. The van der Waals surface area contributed by atoms with E-state index in [2.05, 4.69) is 0 Å². The van der Waals surface area contributed by atoms with Gasteiger partial charge in [0.05, 0.1) is 6.42 Å². The van der Waals surface area contributed by atoms with Crippen LogP contribution in [0.1, 0.15) is 19.8 Å². The lowest BCUT2D eigenvalue weighted by Gasteiger charge is -2.34. The highest BCUT2D eigenvalue weighted by molar-refractivity contribution is 4.99. The molecule has 0 rings (SSSR count). The Morgan fingerprint density at radius 1 is 0.579 bits per heavy atom. The maximum atomic E-state index is 12.7. The quantitative estimate of drug-likeness (QED) is 0.634. The Labute approximate surface area is 99.1 Å². The highest BCUT2D eigenvalue weighted by Gasteiger charge is 2.75. The molecule has 0 fully saturated rings. The van der Waals surface area contributed by atoms with E-state index in [1.807, 2.05) is 0 Å². The van der Waals surface area contributed by atoms with Gasteiger partial charge < -0.3 is 0 Å². The summed E-state index contributed by atoms with van der Waals surface area (Å²) in [5.74, 6) is -24.2. The number of alkyl halides is 11. The number of rotatable bonds is 5. The van der Waals surface area contributed by atoms with Gasteiger partial charge in [0.15, 0.2) is 0 Å². The van der Waals surface area contributed by atoms with Gasteiger partial charge in [-0.05, 0) is 0 Å². The molecule has 0 nitrogen and oxygen atoms in total. The Morgan fingerprint density at radius 2 is 0.947 bits per heavy atom. The molecule has 0 radical (unpaired) electrons. The van der Waals surface area contributed by atoms with Gasteiger partial charge in [-0.1, -0.05) is 6.92 Å². The lowest BCUT2D eigenvalue weighted by molar-refractivity contribution is -0.351. The van der Waals surface area contributed by atoms with Crippen LogP contribution in [0.4, 0.5) is 48.3 Å². The number of hydrogen-bond acceptors (Lipinski definition) is 0. The predicted octanol–water partition coefficient (Wildman–Crippen LogP) is 4.89. The molecule has 0 spiro atoms. The summed E-state index contributed by atoms with van der Waals surface area (Å²) in [6.07, 6.45) is -12.2. The van der Waals surface area contributed by atoms with Gasteiger partial charge in [-0.3, -0.25) is 0 Å². The molecular weight excluding hydrogens is 305 g/mol. The summed E-state index contributed by atoms with van der Waals surface area (Å²) >= 11 is 0. The second-order valence-corrected chi connectivity index (χ2v) is 3.72. The van der Waals surface area contributed by atoms with E-state index in [1.165, 1.54) is 0 Å². The van der Waals surface area contributed by atoms with Crippen LogP contribution in [-0.2, 0) is 0 Å². The van der Waals surface area contributed by atoms with E-state index in [0.29, 0.717) is 6.92 Å². The van der Waals surface area contributed by atoms with Gasteiger partial charge in [-0.15, -0.1) is 0 Å². The lowest BCUT2D eigenvalue weighted by atomic mass is 9.97. The summed E-state index contributed by atoms with van der Waals surface area (Å²) in [4.78, 5) is 0. The Balaban J connectivity index is 5.42. The molecule has 0 saturated carbocycles. The predicted molar refractivity (Wildman–Crippen MR) is 40.8 cm³/mol. The number of hydrogen-bond donors (Lipinski definition) is 0. The fourth-order valence-electron chi connectivity index (χ4n) is 0.980. The van der Waals surface area contributed by atoms with Crippen molar-refractivity contribution >= 4 is 0 Å². The first-order chi connectivity index (χ1) is 8.02. The first-order valence-corrected chi connectivity index (χ1v) is 4.60. The van der Waals surface area contributed by atoms with Gasteiger partial charge in [-0.25, -0.2) is 0 Å². The van der Waals surface area contributed by atoms with E-state index in [9.17, 15) is 48.3 Å². The fraction of sp³-hybridized carbons (Fsp3) is 1.00. The van der Waals surface area contributed by atoms with Crippen LogP contribution in [-0.4, -0.2) is 29.9 Å². The van der Waals surface area contributed by atoms with Crippen LogP contribution in [0.5, 0.6) is 0 Å². The van der Waals surface area contributed by atoms with Crippen molar-refractivity contribution in [1.29, 1.82) is 0 Å². The standard InChI is InChI=1S/C8H7F11/c1-2-4(9,10)7(15,16)5(11,12)3-6(13,14)8(17,18)19/h2-3H2,1H3. The van der Waals surface area contributed by atoms with Crippen LogP contribution < -0.4 is 0 Å². The smallest absolute Gasteiger partial charge is 0.200 e. The molecule has 0 saturated heterocycles. The van der Waals surface area contributed by atoms with Gasteiger partial charge in [-0.2, -0.15) is 48.3 Å². The van der Waals surface area contributed by atoms with Crippen molar-refractivity contribution in [3.63, 3.8) is 0 Å². The molecule has 0 aromatic carbocycles. The maximum absolute atomic E-state index is 12.7. The van der Waals surface area contributed by atoms with Gasteiger partial charge in [0, 0.05) is 6.42 Å². The maximum Gasteiger partial charge on any atom is 0.453 e. The molecular formula is C8H7F11. The van der Waals surface area contributed by atoms with Crippen molar-refractivity contribution in [2.24, 2.45) is 0 Å². The van der Waals surface area contributed by atoms with Crippen molar-refractivity contribution in [1.82, 2.24) is 0 Å². The van der Waals surface area contributed by atoms with Crippen molar-refractivity contribution < 1.29 is 48.3 Å². The first kappa shape index (κ1) is 18.2. The molecule has 116 valence electrons. The molecule has 0 aliphatic carbocycles. The van der Waals surface area contributed by atoms with Gasteiger partial charge in [0.1, 0.15) is 0 Å². The molecule has 0 aliphatic heterocycles. The zero-order valence-electron chi connectivity index (χ0n) is 9.07. The van der Waals surface area contributed by atoms with E-state index in [0.717, 1.165) is 0 Å². The van der Waals surface area contributed by atoms with Gasteiger partial charge >= 0.3 is 29.9 Å². The average molecular weight is 312 g/mol. The minimum Gasteiger partial charge on any atom is -0.200 e. The summed E-state index contributed by atoms with van der Waals surface area (Å²) in [7, 11) is 0. The van der Waals surface area contributed by atoms with Crippen LogP contribution in [0.2, 0.25) is 0 Å². The summed E-state index contributed by atoms with van der Waals surface area (Å²) in [6, 6.07) is 0. The highest BCUT2D eigenvalue weighted by Crippen LogP contribution is 2.53. The normalized spacial score (nSPS) is 15.8. The van der Waals surface area contributed by atoms with Crippen LogP contribution in [0.15, 0.2) is 0 Å². The summed E-state index contributed by atoms with van der Waals surface area (Å²) in [6.45, 7) is 0.353. The largest absolute Gasteiger partial charge is 0.453 e. The van der Waals surface area contributed by atoms with Crippen LogP contribution in [0.3, 0.4) is 0 Å². The molecule has 0 heterocycles. The highest BCUT2D eigenvalue weighted by atomic mass is 19.4. The Hall–Kier alpha value is -0.770. The van der Waals surface area contributed by atoms with E-state index < -0.39 is 42.7 Å². The van der Waals surface area contributed by atoms with Gasteiger partial charge in [0.25, 0.3) is 0 Å². The average Bonchev–Trinajstić information content (AvgIpc) is 2.13. The van der Waals surface area contributed by atoms with E-state index in [-0.39, 0.29) is 0 Å². The topological polar surface area (TPSA) is 0 Å². The summed E-state index contributed by atoms with van der Waals surface area (Å²) < 4.78 is 135. The molecule has 0 unspecified atom stereocenters. The molecule has 0 N–H and O–H groups in total. The minimum atomic E-state index is -6.55. The van der Waals surface area contributed by atoms with E-state index >= 15 is 0 Å². The second kappa shape index (κ2) is 4.65. The zero-order chi connectivity index (χ0) is 15.9. The molecule has 11 heteroatoms. The van der Waals surface area contributed by atoms with Crippen molar-refractivity contribution in [2.45, 2.75) is 49.6 Å². The SMILES string of the molecule is CCC(F)(F)C(F)(F)C(F)(F)CC(F)(F)C(F)(F)F. The third-order valence-electron chi connectivity index (χ3n) is 2.22. The minimum absolute atomic E-state index is 0.353. The van der Waals surface area contributed by atoms with Crippen LogP contribution in [0.25, 0.3) is 0 Å². The fourth-order valence-corrected chi connectivity index (χ4v) is 0.980. The third-order valence-corrected chi connectivity index (χ3v) is 2.22. The van der Waals surface area contributed by atoms with E-state index in [4.69, 9.17) is 0 Å². The van der Waals surface area contributed by atoms with Crippen LogP contribution in [0, 0.1) is 0 Å². The molecule has 19 heavy (non-hydrogen) atoms. The third kappa shape index (κ3) is 3.22. The lowest BCUT2D eigenvalue weighted by Crippen LogP contribution is -2.57. The Kier molecular flexibility index (Phi) is 4.46. The van der Waals surface area contributed by atoms with Gasteiger partial charge in [0.2, 0.25) is 0 Å². The molecule has 0 atom stereocenters. The Bertz CT molecular complexity index is 313. The monoisotopic (exact) mass is 312 g/mol. The molecule has 0 aliphatic rings. The molecule has 0 bridgehead atoms. The Morgan fingerprint density at radius 3 is 1.21 bits per heavy atom. The van der Waals surface area contributed by atoms with Crippen molar-refractivity contribution in [3.05, 3.63) is 0 Å². The van der Waals surface area contributed by atoms with Crippen molar-refractivity contribution in [3.8, 4) is 0 Å². The summed E-state index contributed by atoms with van der Waals surface area (Å²) in [5, 5.41) is 0. The van der Waals surface area contributed by atoms with E-state index in [1.54, 1.807) is 0 Å². The number of halogens is 11. The summed E-state index contributed by atoms with van der Waals surface area (Å²) in [5.41, 5.74) is 0. The van der Waals surface area contributed by atoms with Crippen molar-refractivity contribution in [2.75, 3.05) is 0 Å².